The Morgan fingerprint density at radius 1 is 1.00 bits per heavy atom. The maximum atomic E-state index is 11.5. The van der Waals surface area contributed by atoms with Crippen molar-refractivity contribution < 1.29 is 19.5 Å². The molecule has 0 spiro atoms. The van der Waals surface area contributed by atoms with Gasteiger partial charge in [0.2, 0.25) is 12.3 Å². The summed E-state index contributed by atoms with van der Waals surface area (Å²) >= 11 is 1.45. The third-order valence-corrected chi connectivity index (χ3v) is 4.91. The molecule has 7 heteroatoms. The molecule has 0 radical (unpaired) electrons. The summed E-state index contributed by atoms with van der Waals surface area (Å²) in [5, 5.41) is 13.8. The molecule has 28 heavy (non-hydrogen) atoms. The van der Waals surface area contributed by atoms with Crippen LogP contribution in [0.1, 0.15) is 53.4 Å². The lowest BCUT2D eigenvalue weighted by molar-refractivity contribution is -0.140. The predicted octanol–water partition coefficient (Wildman–Crippen LogP) is 3.45. The Kier molecular flexibility index (Phi) is 14.8. The Morgan fingerprint density at radius 2 is 1.61 bits per heavy atom. The highest BCUT2D eigenvalue weighted by atomic mass is 32.2. The number of carboxylic acids is 1. The van der Waals surface area contributed by atoms with Gasteiger partial charge in [-0.25, -0.2) is 4.79 Å². The van der Waals surface area contributed by atoms with Crippen LogP contribution in [0.2, 0.25) is 0 Å². The summed E-state index contributed by atoms with van der Waals surface area (Å²) in [6, 6.07) is -0.967. The summed E-state index contributed by atoms with van der Waals surface area (Å²) in [4.78, 5) is 32.9. The van der Waals surface area contributed by atoms with E-state index in [9.17, 15) is 19.5 Å². The molecule has 0 aliphatic carbocycles. The number of amides is 2. The van der Waals surface area contributed by atoms with E-state index in [1.54, 1.807) is 0 Å². The Morgan fingerprint density at radius 3 is 2.18 bits per heavy atom. The van der Waals surface area contributed by atoms with E-state index in [2.05, 4.69) is 56.6 Å². The molecular formula is C21H34N2O4S. The summed E-state index contributed by atoms with van der Waals surface area (Å²) < 4.78 is 0. The van der Waals surface area contributed by atoms with Gasteiger partial charge in [-0.3, -0.25) is 9.59 Å². The van der Waals surface area contributed by atoms with Crippen LogP contribution in [0, 0.1) is 0 Å². The van der Waals surface area contributed by atoms with Gasteiger partial charge in [0.05, 0.1) is 6.54 Å². The van der Waals surface area contributed by atoms with Crippen LogP contribution in [0.4, 0.5) is 0 Å². The molecule has 0 bridgehead atoms. The zero-order valence-electron chi connectivity index (χ0n) is 17.4. The zero-order chi connectivity index (χ0) is 21.4. The van der Waals surface area contributed by atoms with Crippen molar-refractivity contribution >= 4 is 30.0 Å². The molecule has 158 valence electrons. The summed E-state index contributed by atoms with van der Waals surface area (Å²) in [7, 11) is 0. The monoisotopic (exact) mass is 410 g/mol. The number of rotatable bonds is 15. The van der Waals surface area contributed by atoms with Crippen LogP contribution in [0.15, 0.2) is 34.9 Å². The van der Waals surface area contributed by atoms with E-state index in [1.165, 1.54) is 28.5 Å². The van der Waals surface area contributed by atoms with E-state index in [0.29, 0.717) is 12.2 Å². The van der Waals surface area contributed by atoms with Gasteiger partial charge in [-0.2, -0.15) is 11.8 Å². The first-order valence-corrected chi connectivity index (χ1v) is 10.6. The molecule has 2 amide bonds. The molecule has 0 aromatic heterocycles. The van der Waals surface area contributed by atoms with E-state index in [4.69, 9.17) is 0 Å². The maximum Gasteiger partial charge on any atom is 0.327 e. The van der Waals surface area contributed by atoms with Crippen molar-refractivity contribution in [2.24, 2.45) is 0 Å². The van der Waals surface area contributed by atoms with Crippen LogP contribution < -0.4 is 10.6 Å². The van der Waals surface area contributed by atoms with Gasteiger partial charge in [0.25, 0.3) is 0 Å². The largest absolute Gasteiger partial charge is 0.480 e. The first-order valence-electron chi connectivity index (χ1n) is 9.47. The predicted molar refractivity (Wildman–Crippen MR) is 116 cm³/mol. The lowest BCUT2D eigenvalue weighted by atomic mass is 10.1. The van der Waals surface area contributed by atoms with E-state index >= 15 is 0 Å². The summed E-state index contributed by atoms with van der Waals surface area (Å²) in [6.07, 6.45) is 11.2. The number of carbonyl (C=O) groups is 3. The number of allylic oxidation sites excluding steroid dienone is 5. The second kappa shape index (κ2) is 16.0. The first-order chi connectivity index (χ1) is 13.3. The quantitative estimate of drug-likeness (QED) is 0.218. The molecule has 0 aromatic carbocycles. The highest BCUT2D eigenvalue weighted by Gasteiger charge is 2.19. The molecule has 0 aliphatic rings. The number of thioether (sulfide) groups is 1. The van der Waals surface area contributed by atoms with Gasteiger partial charge in [-0.05, 0) is 53.4 Å². The standard InChI is InChI=1S/C21H34N2O4S/c1-16(2)7-5-8-17(3)9-6-10-18(4)11-12-28-14-19(21(26)27)23-20(25)13-22-15-24/h7,9,11,15,19H,5-6,8,10,12-14H2,1-4H3,(H,22,24)(H,23,25)(H,26,27)/b17-9+,18-11+. The number of hydrogen-bond acceptors (Lipinski definition) is 4. The molecule has 0 heterocycles. The van der Waals surface area contributed by atoms with Crippen LogP contribution in [0.25, 0.3) is 0 Å². The number of hydrogen-bond donors (Lipinski definition) is 3. The topological polar surface area (TPSA) is 95.5 Å². The summed E-state index contributed by atoms with van der Waals surface area (Å²) in [5.74, 6) is -0.628. The van der Waals surface area contributed by atoms with Crippen molar-refractivity contribution in [3.05, 3.63) is 34.9 Å². The van der Waals surface area contributed by atoms with Crippen LogP contribution in [0.3, 0.4) is 0 Å². The molecule has 1 unspecified atom stereocenters. The van der Waals surface area contributed by atoms with Crippen molar-refractivity contribution in [1.82, 2.24) is 10.6 Å². The number of nitrogens with one attached hydrogen (secondary N) is 2. The minimum Gasteiger partial charge on any atom is -0.480 e. The molecule has 0 rings (SSSR count). The second-order valence-corrected chi connectivity index (χ2v) is 8.03. The Bertz CT molecular complexity index is 593. The third-order valence-electron chi connectivity index (χ3n) is 3.94. The molecule has 0 aliphatic heterocycles. The van der Waals surface area contributed by atoms with Crippen LogP contribution in [0.5, 0.6) is 0 Å². The zero-order valence-corrected chi connectivity index (χ0v) is 18.2. The Balaban J connectivity index is 4.17. The van der Waals surface area contributed by atoms with Gasteiger partial charge in [0, 0.05) is 11.5 Å². The molecule has 1 atom stereocenters. The van der Waals surface area contributed by atoms with Crippen molar-refractivity contribution in [2.75, 3.05) is 18.1 Å². The third kappa shape index (κ3) is 15.1. The second-order valence-electron chi connectivity index (χ2n) is 6.95. The molecule has 0 saturated carbocycles. The fourth-order valence-corrected chi connectivity index (χ4v) is 3.28. The minimum absolute atomic E-state index is 0.224. The fourth-order valence-electron chi connectivity index (χ4n) is 2.28. The van der Waals surface area contributed by atoms with Crippen LogP contribution in [-0.2, 0) is 14.4 Å². The van der Waals surface area contributed by atoms with E-state index < -0.39 is 17.9 Å². The first kappa shape index (κ1) is 26.0. The Hall–Kier alpha value is -2.02. The highest BCUT2D eigenvalue weighted by molar-refractivity contribution is 7.99. The lowest BCUT2D eigenvalue weighted by Gasteiger charge is -2.13. The van der Waals surface area contributed by atoms with E-state index in [0.717, 1.165) is 25.7 Å². The average Bonchev–Trinajstić information content (AvgIpc) is 2.61. The van der Waals surface area contributed by atoms with Gasteiger partial charge >= 0.3 is 5.97 Å². The highest BCUT2D eigenvalue weighted by Crippen LogP contribution is 2.13. The normalized spacial score (nSPS) is 12.9. The van der Waals surface area contributed by atoms with Crippen molar-refractivity contribution in [1.29, 1.82) is 0 Å². The molecular weight excluding hydrogens is 376 g/mol. The Labute approximate surface area is 172 Å². The van der Waals surface area contributed by atoms with Gasteiger partial charge in [-0.1, -0.05) is 34.9 Å². The summed E-state index contributed by atoms with van der Waals surface area (Å²) in [6.45, 7) is 8.25. The number of aliphatic carboxylic acids is 1. The number of carboxylic acid groups (broad SMARTS) is 1. The van der Waals surface area contributed by atoms with E-state index in [1.807, 2.05) is 0 Å². The lowest BCUT2D eigenvalue weighted by Crippen LogP contribution is -2.45. The molecule has 0 aromatic rings. The van der Waals surface area contributed by atoms with Gasteiger partial charge < -0.3 is 15.7 Å². The number of carbonyl (C=O) groups excluding carboxylic acids is 2. The molecule has 0 saturated heterocycles. The average molecular weight is 411 g/mol. The van der Waals surface area contributed by atoms with E-state index in [-0.39, 0.29) is 12.3 Å². The van der Waals surface area contributed by atoms with Gasteiger partial charge in [0.1, 0.15) is 6.04 Å². The minimum atomic E-state index is -1.08. The fraction of sp³-hybridized carbons (Fsp3) is 0.571. The summed E-state index contributed by atoms with van der Waals surface area (Å²) in [5.41, 5.74) is 4.03. The van der Waals surface area contributed by atoms with Crippen molar-refractivity contribution in [2.45, 2.75) is 59.4 Å². The van der Waals surface area contributed by atoms with Crippen molar-refractivity contribution in [3.8, 4) is 0 Å². The maximum absolute atomic E-state index is 11.5. The smallest absolute Gasteiger partial charge is 0.327 e. The van der Waals surface area contributed by atoms with Crippen LogP contribution >= 0.6 is 11.8 Å². The van der Waals surface area contributed by atoms with Crippen molar-refractivity contribution in [3.63, 3.8) is 0 Å². The molecule has 3 N–H and O–H groups in total. The molecule has 6 nitrogen and oxygen atoms in total. The SMILES string of the molecule is CC(C)=CCC/C(C)=C/CC/C(C)=C/CSCC(NC(=O)CNC=O)C(=O)O. The van der Waals surface area contributed by atoms with Gasteiger partial charge in [-0.15, -0.1) is 0 Å². The molecule has 0 fully saturated rings. The van der Waals surface area contributed by atoms with Crippen LogP contribution in [-0.4, -0.2) is 47.5 Å². The van der Waals surface area contributed by atoms with Gasteiger partial charge in [0.15, 0.2) is 0 Å².